The zero-order chi connectivity index (χ0) is 21.0. The van der Waals surface area contributed by atoms with Crippen LogP contribution < -0.4 is 0 Å². The molecule has 0 amide bonds. The minimum Gasteiger partial charge on any atom is -0.396 e. The third-order valence-electron chi connectivity index (χ3n) is 8.58. The highest BCUT2D eigenvalue weighted by atomic mass is 32.2. The summed E-state index contributed by atoms with van der Waals surface area (Å²) in [6.45, 7) is 4.14. The molecule has 3 fully saturated rings. The lowest BCUT2D eigenvalue weighted by atomic mass is 9.46. The second-order valence-corrected chi connectivity index (χ2v) is 10.9. The molecule has 0 aliphatic heterocycles. The summed E-state index contributed by atoms with van der Waals surface area (Å²) in [6.07, 6.45) is 8.05. The lowest BCUT2D eigenvalue weighted by Gasteiger charge is -2.59. The van der Waals surface area contributed by atoms with Crippen LogP contribution in [0.1, 0.15) is 46.0 Å². The maximum absolute atomic E-state index is 13.0. The van der Waals surface area contributed by atoms with Crippen LogP contribution in [-0.4, -0.2) is 56.7 Å². The summed E-state index contributed by atoms with van der Waals surface area (Å²) in [5.41, 5.74) is -1.28. The Balaban J connectivity index is 1.64. The fourth-order valence-corrected chi connectivity index (χ4v) is 7.83. The van der Waals surface area contributed by atoms with Gasteiger partial charge in [-0.15, -0.1) is 0 Å². The van der Waals surface area contributed by atoms with E-state index in [0.29, 0.717) is 18.6 Å². The lowest BCUT2D eigenvalue weighted by molar-refractivity contribution is -0.174. The highest BCUT2D eigenvalue weighted by Gasteiger charge is 2.67. The van der Waals surface area contributed by atoms with Crippen molar-refractivity contribution in [3.05, 3.63) is 23.8 Å². The second-order valence-electron chi connectivity index (χ2n) is 9.81. The predicted octanol–water partition coefficient (Wildman–Crippen LogP) is 2.29. The predicted molar refractivity (Wildman–Crippen MR) is 112 cm³/mol. The van der Waals surface area contributed by atoms with E-state index < -0.39 is 17.1 Å². The van der Waals surface area contributed by atoms with E-state index in [4.69, 9.17) is 5.11 Å². The number of hydrogen-bond acceptors (Lipinski definition) is 6. The molecule has 7 atom stereocenters. The van der Waals surface area contributed by atoms with Crippen LogP contribution in [-0.2, 0) is 9.59 Å². The fraction of sp³-hybridized carbons (Fsp3) is 0.739. The van der Waals surface area contributed by atoms with Crippen molar-refractivity contribution in [1.82, 2.24) is 0 Å². The van der Waals surface area contributed by atoms with Crippen LogP contribution in [0.4, 0.5) is 0 Å². The van der Waals surface area contributed by atoms with Crippen LogP contribution in [0.25, 0.3) is 0 Å². The Morgan fingerprint density at radius 1 is 1.31 bits per heavy atom. The summed E-state index contributed by atoms with van der Waals surface area (Å²) in [7, 11) is 0. The van der Waals surface area contributed by atoms with Gasteiger partial charge in [-0.2, -0.15) is 11.8 Å². The number of carbonyl (C=O) groups is 2. The third-order valence-corrected chi connectivity index (χ3v) is 9.52. The number of thioether (sulfide) groups is 1. The number of Topliss-reactive ketones (excluding diaryl/α,β-unsaturated/α-hetero) is 1. The Morgan fingerprint density at radius 2 is 2.07 bits per heavy atom. The van der Waals surface area contributed by atoms with E-state index in [9.17, 15) is 19.8 Å². The van der Waals surface area contributed by atoms with Crippen molar-refractivity contribution in [2.24, 2.45) is 28.6 Å². The zero-order valence-corrected chi connectivity index (χ0v) is 18.1. The molecule has 0 heterocycles. The minimum absolute atomic E-state index is 0.00569. The molecule has 0 radical (unpaired) electrons. The summed E-state index contributed by atoms with van der Waals surface area (Å²) in [5, 5.41) is 31.8. The topological polar surface area (TPSA) is 94.8 Å². The molecule has 0 aromatic heterocycles. The van der Waals surface area contributed by atoms with Crippen molar-refractivity contribution >= 4 is 23.3 Å². The number of rotatable bonds is 5. The summed E-state index contributed by atoms with van der Waals surface area (Å²) in [4.78, 5) is 24.9. The molecule has 29 heavy (non-hydrogen) atoms. The molecule has 4 aliphatic carbocycles. The van der Waals surface area contributed by atoms with Gasteiger partial charge in [0.15, 0.2) is 11.6 Å². The molecule has 4 rings (SSSR count). The van der Waals surface area contributed by atoms with Gasteiger partial charge in [0.2, 0.25) is 0 Å². The van der Waals surface area contributed by atoms with E-state index in [2.05, 4.69) is 6.92 Å². The van der Waals surface area contributed by atoms with Gasteiger partial charge in [0, 0.05) is 22.5 Å². The average Bonchev–Trinajstić information content (AvgIpc) is 2.94. The fourth-order valence-electron chi connectivity index (χ4n) is 7.14. The Labute approximate surface area is 176 Å². The van der Waals surface area contributed by atoms with Gasteiger partial charge >= 0.3 is 0 Å². The summed E-state index contributed by atoms with van der Waals surface area (Å²) in [6, 6.07) is 0. The van der Waals surface area contributed by atoms with Gasteiger partial charge in [-0.05, 0) is 56.1 Å². The smallest absolute Gasteiger partial charge is 0.178 e. The molecule has 5 nitrogen and oxygen atoms in total. The molecule has 3 saturated carbocycles. The van der Waals surface area contributed by atoms with Gasteiger partial charge in [0.1, 0.15) is 5.60 Å². The lowest BCUT2D eigenvalue weighted by Crippen LogP contribution is -2.61. The van der Waals surface area contributed by atoms with Crippen LogP contribution in [0.2, 0.25) is 0 Å². The standard InChI is InChI=1S/C23H32O5S/c1-21-7-5-15(25)11-14(21)3-4-16-17-6-8-23(28,19(27)13-29-10-9-24)22(17,2)12-18(26)20(16)21/h5,7,11,16-18,20,24,26,28H,3-4,6,8-10,12-13H2,1-2H3. The number of aliphatic hydroxyl groups is 3. The Morgan fingerprint density at radius 3 is 2.79 bits per heavy atom. The summed E-state index contributed by atoms with van der Waals surface area (Å²) < 4.78 is 0. The number of fused-ring (bicyclic) bond motifs is 5. The molecule has 160 valence electrons. The first kappa shape index (κ1) is 21.3. The first-order valence-corrected chi connectivity index (χ1v) is 11.9. The maximum Gasteiger partial charge on any atom is 0.178 e. The van der Waals surface area contributed by atoms with E-state index >= 15 is 0 Å². The Bertz CT molecular complexity index is 775. The minimum atomic E-state index is -1.42. The quantitative estimate of drug-likeness (QED) is 0.591. The van der Waals surface area contributed by atoms with Crippen molar-refractivity contribution in [1.29, 1.82) is 0 Å². The number of carbonyl (C=O) groups excluding carboxylic acids is 2. The van der Waals surface area contributed by atoms with Crippen molar-refractivity contribution in [2.45, 2.75) is 57.7 Å². The molecular weight excluding hydrogens is 388 g/mol. The molecule has 0 spiro atoms. The largest absolute Gasteiger partial charge is 0.396 e. The van der Waals surface area contributed by atoms with Gasteiger partial charge in [-0.3, -0.25) is 9.59 Å². The molecule has 0 saturated heterocycles. The van der Waals surface area contributed by atoms with E-state index in [0.717, 1.165) is 24.8 Å². The van der Waals surface area contributed by atoms with Crippen LogP contribution in [0.3, 0.4) is 0 Å². The van der Waals surface area contributed by atoms with E-state index in [-0.39, 0.29) is 47.1 Å². The van der Waals surface area contributed by atoms with E-state index in [1.807, 2.05) is 13.0 Å². The summed E-state index contributed by atoms with van der Waals surface area (Å²) >= 11 is 1.35. The van der Waals surface area contributed by atoms with Gasteiger partial charge in [0.05, 0.1) is 18.5 Å². The van der Waals surface area contributed by atoms with Crippen molar-refractivity contribution in [3.8, 4) is 0 Å². The first-order chi connectivity index (χ1) is 13.7. The number of aliphatic hydroxyl groups excluding tert-OH is 2. The molecule has 0 aromatic rings. The highest BCUT2D eigenvalue weighted by molar-refractivity contribution is 7.99. The monoisotopic (exact) mass is 420 g/mol. The third kappa shape index (κ3) is 3.01. The number of ketones is 2. The molecular formula is C23H32O5S. The number of hydrogen-bond donors (Lipinski definition) is 3. The molecule has 6 heteroatoms. The van der Waals surface area contributed by atoms with Crippen molar-refractivity contribution in [2.75, 3.05) is 18.1 Å². The Kier molecular flexibility index (Phi) is 5.38. The van der Waals surface area contributed by atoms with E-state index in [1.165, 1.54) is 11.8 Å². The Hall–Kier alpha value is -0.950. The number of allylic oxidation sites excluding steroid dienone is 4. The highest BCUT2D eigenvalue weighted by Crippen LogP contribution is 2.67. The van der Waals surface area contributed by atoms with Crippen LogP contribution in [0.15, 0.2) is 23.8 Å². The maximum atomic E-state index is 13.0. The summed E-state index contributed by atoms with van der Waals surface area (Å²) in [5.74, 6) is 0.927. The van der Waals surface area contributed by atoms with Gasteiger partial charge in [0.25, 0.3) is 0 Å². The van der Waals surface area contributed by atoms with Gasteiger partial charge in [-0.1, -0.05) is 25.5 Å². The van der Waals surface area contributed by atoms with Crippen LogP contribution in [0, 0.1) is 28.6 Å². The average molecular weight is 421 g/mol. The molecule has 7 unspecified atom stereocenters. The second kappa shape index (κ2) is 7.33. The first-order valence-electron chi connectivity index (χ1n) is 10.7. The van der Waals surface area contributed by atoms with Gasteiger partial charge < -0.3 is 15.3 Å². The molecule has 3 N–H and O–H groups in total. The van der Waals surface area contributed by atoms with E-state index in [1.54, 1.807) is 12.2 Å². The SMILES string of the molecule is CC12C=CC(=O)C=C1CCC1C2C(O)CC2(C)C1CCC2(O)C(=O)CSCCO. The van der Waals surface area contributed by atoms with Crippen molar-refractivity contribution in [3.63, 3.8) is 0 Å². The molecule has 0 aromatic carbocycles. The molecule has 0 bridgehead atoms. The zero-order valence-electron chi connectivity index (χ0n) is 17.3. The van der Waals surface area contributed by atoms with Crippen LogP contribution >= 0.6 is 11.8 Å². The van der Waals surface area contributed by atoms with Crippen molar-refractivity contribution < 1.29 is 24.9 Å². The molecule has 4 aliphatic rings. The normalized spacial score (nSPS) is 46.0. The van der Waals surface area contributed by atoms with Crippen LogP contribution in [0.5, 0.6) is 0 Å². The van der Waals surface area contributed by atoms with Gasteiger partial charge in [-0.25, -0.2) is 0 Å².